The van der Waals surface area contributed by atoms with Crippen LogP contribution < -0.4 is 4.74 Å². The zero-order valence-electron chi connectivity index (χ0n) is 8.73. The fourth-order valence-corrected chi connectivity index (χ4v) is 1.94. The van der Waals surface area contributed by atoms with Crippen LogP contribution in [0.3, 0.4) is 0 Å². The van der Waals surface area contributed by atoms with Gasteiger partial charge in [-0.05, 0) is 40.6 Å². The van der Waals surface area contributed by atoms with Crippen LogP contribution in [0.2, 0.25) is 0 Å². The van der Waals surface area contributed by atoms with E-state index in [0.29, 0.717) is 0 Å². The number of thiol groups is 1. The minimum Gasteiger partial charge on any atom is -0.497 e. The summed E-state index contributed by atoms with van der Waals surface area (Å²) < 4.78 is 5.19. The largest absolute Gasteiger partial charge is 0.497 e. The first-order valence-corrected chi connectivity index (χ1v) is 5.64. The molecule has 0 saturated carbocycles. The fraction of sp³-hybridized carbons (Fsp3) is 0.231. The second-order valence-corrected chi connectivity index (χ2v) is 3.97. The van der Waals surface area contributed by atoms with Crippen LogP contribution in [-0.2, 0) is 6.42 Å². The molecule has 0 spiro atoms. The molecule has 0 N–H and O–H groups in total. The van der Waals surface area contributed by atoms with Crippen LogP contribution in [0.1, 0.15) is 5.56 Å². The Morgan fingerprint density at radius 2 is 1.80 bits per heavy atom. The highest BCUT2D eigenvalue weighted by atomic mass is 32.1. The molecule has 2 aromatic rings. The van der Waals surface area contributed by atoms with Crippen LogP contribution in [0.15, 0.2) is 36.4 Å². The number of methoxy groups -OCH3 is 1. The highest BCUT2D eigenvalue weighted by Gasteiger charge is 1.98. The van der Waals surface area contributed by atoms with Gasteiger partial charge in [0.15, 0.2) is 0 Å². The van der Waals surface area contributed by atoms with Gasteiger partial charge in [0.05, 0.1) is 7.11 Å². The van der Waals surface area contributed by atoms with Crippen molar-refractivity contribution < 1.29 is 4.74 Å². The topological polar surface area (TPSA) is 9.23 Å². The second-order valence-electron chi connectivity index (χ2n) is 3.52. The molecule has 2 heteroatoms. The summed E-state index contributed by atoms with van der Waals surface area (Å²) in [6.45, 7) is 0. The molecule has 0 radical (unpaired) electrons. The molecule has 0 unspecified atom stereocenters. The summed E-state index contributed by atoms with van der Waals surface area (Å²) in [5.74, 6) is 1.80. The number of rotatable bonds is 3. The van der Waals surface area contributed by atoms with E-state index in [0.717, 1.165) is 17.9 Å². The molecule has 78 valence electrons. The lowest BCUT2D eigenvalue weighted by Gasteiger charge is -2.04. The van der Waals surface area contributed by atoms with Crippen molar-refractivity contribution in [3.8, 4) is 5.75 Å². The monoisotopic (exact) mass is 218 g/mol. The Morgan fingerprint density at radius 3 is 2.53 bits per heavy atom. The van der Waals surface area contributed by atoms with Gasteiger partial charge in [0, 0.05) is 0 Å². The molecule has 15 heavy (non-hydrogen) atoms. The maximum absolute atomic E-state index is 5.19. The Balaban J connectivity index is 2.45. The van der Waals surface area contributed by atoms with Gasteiger partial charge < -0.3 is 4.74 Å². The van der Waals surface area contributed by atoms with Crippen molar-refractivity contribution in [1.29, 1.82) is 0 Å². The summed E-state index contributed by atoms with van der Waals surface area (Å²) in [7, 11) is 1.69. The summed E-state index contributed by atoms with van der Waals surface area (Å²) in [4.78, 5) is 0. The summed E-state index contributed by atoms with van der Waals surface area (Å²) in [5, 5.41) is 2.48. The summed E-state index contributed by atoms with van der Waals surface area (Å²) in [5.41, 5.74) is 1.34. The molecule has 0 aliphatic carbocycles. The van der Waals surface area contributed by atoms with Crippen LogP contribution in [0.4, 0.5) is 0 Å². The third-order valence-electron chi connectivity index (χ3n) is 2.51. The van der Waals surface area contributed by atoms with Crippen molar-refractivity contribution in [3.05, 3.63) is 42.0 Å². The standard InChI is InChI=1S/C13H14OS/c1-14-13-5-4-11-8-10(6-7-15)2-3-12(11)9-13/h2-5,8-9,15H,6-7H2,1H3. The number of hydrogen-bond donors (Lipinski definition) is 1. The van der Waals surface area contributed by atoms with Crippen LogP contribution in [0.5, 0.6) is 5.75 Å². The second kappa shape index (κ2) is 4.58. The maximum Gasteiger partial charge on any atom is 0.119 e. The smallest absolute Gasteiger partial charge is 0.119 e. The Kier molecular flexibility index (Phi) is 3.17. The molecule has 0 aliphatic rings. The van der Waals surface area contributed by atoms with Crippen LogP contribution >= 0.6 is 12.6 Å². The SMILES string of the molecule is COc1ccc2cc(CCS)ccc2c1. The summed E-state index contributed by atoms with van der Waals surface area (Å²) in [6, 6.07) is 12.6. The lowest BCUT2D eigenvalue weighted by Crippen LogP contribution is -1.87. The van der Waals surface area contributed by atoms with Crippen molar-refractivity contribution in [1.82, 2.24) is 0 Å². The predicted octanol–water partition coefficient (Wildman–Crippen LogP) is 3.32. The van der Waals surface area contributed by atoms with Gasteiger partial charge in [0.2, 0.25) is 0 Å². The van der Waals surface area contributed by atoms with Gasteiger partial charge >= 0.3 is 0 Å². The lowest BCUT2D eigenvalue weighted by molar-refractivity contribution is 0.415. The minimum atomic E-state index is 0.891. The zero-order chi connectivity index (χ0) is 10.7. The quantitative estimate of drug-likeness (QED) is 0.777. The normalized spacial score (nSPS) is 10.5. The van der Waals surface area contributed by atoms with Crippen molar-refractivity contribution in [2.75, 3.05) is 12.9 Å². The average Bonchev–Trinajstić information content (AvgIpc) is 2.29. The van der Waals surface area contributed by atoms with E-state index in [1.807, 2.05) is 6.07 Å². The van der Waals surface area contributed by atoms with E-state index in [2.05, 4.69) is 43.0 Å². The number of ether oxygens (including phenoxy) is 1. The van der Waals surface area contributed by atoms with Gasteiger partial charge in [-0.15, -0.1) is 0 Å². The molecule has 0 fully saturated rings. The molecule has 2 rings (SSSR count). The van der Waals surface area contributed by atoms with Gasteiger partial charge in [0.1, 0.15) is 5.75 Å². The van der Waals surface area contributed by atoms with E-state index in [4.69, 9.17) is 4.74 Å². The predicted molar refractivity (Wildman–Crippen MR) is 68.1 cm³/mol. The summed E-state index contributed by atoms with van der Waals surface area (Å²) >= 11 is 4.24. The summed E-state index contributed by atoms with van der Waals surface area (Å²) in [6.07, 6.45) is 1.02. The van der Waals surface area contributed by atoms with E-state index in [-0.39, 0.29) is 0 Å². The molecule has 0 aliphatic heterocycles. The Bertz CT molecular complexity index is 465. The van der Waals surface area contributed by atoms with Crippen molar-refractivity contribution in [3.63, 3.8) is 0 Å². The van der Waals surface area contributed by atoms with E-state index in [1.165, 1.54) is 16.3 Å². The molecule has 0 heterocycles. The van der Waals surface area contributed by atoms with Gasteiger partial charge in [-0.3, -0.25) is 0 Å². The van der Waals surface area contributed by atoms with Crippen molar-refractivity contribution >= 4 is 23.4 Å². The number of fused-ring (bicyclic) bond motifs is 1. The van der Waals surface area contributed by atoms with Crippen LogP contribution in [-0.4, -0.2) is 12.9 Å². The lowest BCUT2D eigenvalue weighted by atomic mass is 10.1. The molecular weight excluding hydrogens is 204 g/mol. The third-order valence-corrected chi connectivity index (χ3v) is 2.74. The first-order chi connectivity index (χ1) is 7.33. The molecule has 0 atom stereocenters. The number of aryl methyl sites for hydroxylation is 1. The van der Waals surface area contributed by atoms with Crippen LogP contribution in [0.25, 0.3) is 10.8 Å². The first kappa shape index (κ1) is 10.4. The highest BCUT2D eigenvalue weighted by Crippen LogP contribution is 2.22. The van der Waals surface area contributed by atoms with Gasteiger partial charge in [-0.2, -0.15) is 12.6 Å². The van der Waals surface area contributed by atoms with Crippen molar-refractivity contribution in [2.24, 2.45) is 0 Å². The Morgan fingerprint density at radius 1 is 1.07 bits per heavy atom. The number of hydrogen-bond acceptors (Lipinski definition) is 2. The van der Waals surface area contributed by atoms with E-state index >= 15 is 0 Å². The molecule has 1 nitrogen and oxygen atoms in total. The Labute approximate surface area is 95.5 Å². The molecular formula is C13H14OS. The van der Waals surface area contributed by atoms with E-state index in [1.54, 1.807) is 7.11 Å². The zero-order valence-corrected chi connectivity index (χ0v) is 9.63. The Hall–Kier alpha value is -1.15. The van der Waals surface area contributed by atoms with Crippen molar-refractivity contribution in [2.45, 2.75) is 6.42 Å². The van der Waals surface area contributed by atoms with Gasteiger partial charge in [0.25, 0.3) is 0 Å². The van der Waals surface area contributed by atoms with E-state index < -0.39 is 0 Å². The average molecular weight is 218 g/mol. The molecule has 0 aromatic heterocycles. The number of benzene rings is 2. The molecule has 0 bridgehead atoms. The molecule has 0 amide bonds. The highest BCUT2D eigenvalue weighted by molar-refractivity contribution is 7.80. The minimum absolute atomic E-state index is 0.891. The van der Waals surface area contributed by atoms with E-state index in [9.17, 15) is 0 Å². The first-order valence-electron chi connectivity index (χ1n) is 5.01. The fourth-order valence-electron chi connectivity index (χ4n) is 1.68. The third kappa shape index (κ3) is 2.26. The molecule has 0 saturated heterocycles. The maximum atomic E-state index is 5.19. The van der Waals surface area contributed by atoms with Crippen LogP contribution in [0, 0.1) is 0 Å². The molecule has 2 aromatic carbocycles. The van der Waals surface area contributed by atoms with Gasteiger partial charge in [-0.25, -0.2) is 0 Å². The van der Waals surface area contributed by atoms with Gasteiger partial charge in [-0.1, -0.05) is 24.3 Å².